The number of rotatable bonds is 4. The van der Waals surface area contributed by atoms with Crippen molar-refractivity contribution in [2.24, 2.45) is 5.73 Å². The third-order valence-corrected chi connectivity index (χ3v) is 2.49. The van der Waals surface area contributed by atoms with E-state index >= 15 is 0 Å². The van der Waals surface area contributed by atoms with E-state index in [4.69, 9.17) is 5.73 Å². The van der Waals surface area contributed by atoms with Gasteiger partial charge in [-0.25, -0.2) is 9.67 Å². The molecule has 2 aromatic heterocycles. The van der Waals surface area contributed by atoms with Gasteiger partial charge < -0.3 is 5.73 Å². The Morgan fingerprint density at radius 2 is 2.27 bits per heavy atom. The van der Waals surface area contributed by atoms with Crippen molar-refractivity contribution in [2.45, 2.75) is 32.9 Å². The summed E-state index contributed by atoms with van der Waals surface area (Å²) in [7, 11) is 0. The predicted molar refractivity (Wildman–Crippen MR) is 60.3 cm³/mol. The standard InChI is InChI=1S/C11H16N4/c1-2-3-4-15-11-10(8-14-15)5-9(6-12)7-13-11/h5,7-8H,2-4,6,12H2,1H3. The number of hydrogen-bond donors (Lipinski definition) is 1. The average Bonchev–Trinajstić information content (AvgIpc) is 2.68. The van der Waals surface area contributed by atoms with Gasteiger partial charge in [-0.3, -0.25) is 0 Å². The number of hydrogen-bond acceptors (Lipinski definition) is 3. The lowest BCUT2D eigenvalue weighted by Crippen LogP contribution is -2.01. The highest BCUT2D eigenvalue weighted by molar-refractivity contribution is 5.74. The van der Waals surface area contributed by atoms with Crippen LogP contribution in [0.15, 0.2) is 18.5 Å². The van der Waals surface area contributed by atoms with Crippen molar-refractivity contribution in [2.75, 3.05) is 0 Å². The molecule has 0 atom stereocenters. The predicted octanol–water partition coefficient (Wildman–Crippen LogP) is 1.69. The van der Waals surface area contributed by atoms with Gasteiger partial charge in [-0.15, -0.1) is 0 Å². The van der Waals surface area contributed by atoms with Crippen molar-refractivity contribution in [1.82, 2.24) is 14.8 Å². The Balaban J connectivity index is 2.34. The molecular formula is C11H16N4. The Morgan fingerprint density at radius 3 is 3.00 bits per heavy atom. The topological polar surface area (TPSA) is 56.7 Å². The normalized spacial score (nSPS) is 11.1. The summed E-state index contributed by atoms with van der Waals surface area (Å²) in [6.07, 6.45) is 5.99. The van der Waals surface area contributed by atoms with Gasteiger partial charge in [-0.2, -0.15) is 5.10 Å². The summed E-state index contributed by atoms with van der Waals surface area (Å²) in [5.41, 5.74) is 7.57. The molecule has 0 aromatic carbocycles. The molecule has 2 aromatic rings. The zero-order valence-electron chi connectivity index (χ0n) is 8.98. The van der Waals surface area contributed by atoms with E-state index in [-0.39, 0.29) is 0 Å². The minimum atomic E-state index is 0.531. The molecule has 15 heavy (non-hydrogen) atoms. The highest BCUT2D eigenvalue weighted by atomic mass is 15.3. The molecule has 0 aliphatic heterocycles. The van der Waals surface area contributed by atoms with E-state index in [1.54, 1.807) is 0 Å². The molecule has 0 amide bonds. The minimum absolute atomic E-state index is 0.531. The smallest absolute Gasteiger partial charge is 0.157 e. The molecule has 0 aliphatic carbocycles. The van der Waals surface area contributed by atoms with E-state index in [1.165, 1.54) is 6.42 Å². The van der Waals surface area contributed by atoms with Crippen molar-refractivity contribution in [3.63, 3.8) is 0 Å². The Kier molecular flexibility index (Phi) is 2.97. The third-order valence-electron chi connectivity index (χ3n) is 2.49. The second-order valence-electron chi connectivity index (χ2n) is 3.68. The summed E-state index contributed by atoms with van der Waals surface area (Å²) in [4.78, 5) is 4.39. The van der Waals surface area contributed by atoms with Crippen LogP contribution in [0, 0.1) is 0 Å². The van der Waals surface area contributed by atoms with Crippen molar-refractivity contribution < 1.29 is 0 Å². The van der Waals surface area contributed by atoms with Crippen LogP contribution in [-0.2, 0) is 13.1 Å². The Morgan fingerprint density at radius 1 is 1.40 bits per heavy atom. The molecule has 4 heteroatoms. The van der Waals surface area contributed by atoms with Crippen LogP contribution in [-0.4, -0.2) is 14.8 Å². The highest BCUT2D eigenvalue weighted by Gasteiger charge is 2.03. The molecule has 0 spiro atoms. The van der Waals surface area contributed by atoms with Gasteiger partial charge in [0.1, 0.15) is 0 Å². The van der Waals surface area contributed by atoms with Crippen LogP contribution in [0.25, 0.3) is 11.0 Å². The van der Waals surface area contributed by atoms with Crippen molar-refractivity contribution in [3.05, 3.63) is 24.0 Å². The van der Waals surface area contributed by atoms with Crippen LogP contribution in [0.2, 0.25) is 0 Å². The lowest BCUT2D eigenvalue weighted by atomic mass is 10.2. The number of aryl methyl sites for hydroxylation is 1. The number of aromatic nitrogens is 3. The lowest BCUT2D eigenvalue weighted by molar-refractivity contribution is 0.584. The van der Waals surface area contributed by atoms with Crippen molar-refractivity contribution in [3.8, 4) is 0 Å². The van der Waals surface area contributed by atoms with Crippen LogP contribution in [0.3, 0.4) is 0 Å². The molecule has 0 unspecified atom stereocenters. The molecule has 4 nitrogen and oxygen atoms in total. The highest BCUT2D eigenvalue weighted by Crippen LogP contribution is 2.13. The van der Waals surface area contributed by atoms with Crippen LogP contribution in [0.5, 0.6) is 0 Å². The quantitative estimate of drug-likeness (QED) is 0.824. The fraction of sp³-hybridized carbons (Fsp3) is 0.455. The molecule has 2 rings (SSSR count). The molecule has 0 fully saturated rings. The number of nitrogens with zero attached hydrogens (tertiary/aromatic N) is 3. The number of unbranched alkanes of at least 4 members (excludes halogenated alkanes) is 1. The maximum atomic E-state index is 5.56. The van der Waals surface area contributed by atoms with Gasteiger partial charge in [-0.05, 0) is 18.1 Å². The van der Waals surface area contributed by atoms with Crippen LogP contribution >= 0.6 is 0 Å². The Bertz CT molecular complexity index is 447. The van der Waals surface area contributed by atoms with Crippen LogP contribution in [0.1, 0.15) is 25.3 Å². The second kappa shape index (κ2) is 4.40. The summed E-state index contributed by atoms with van der Waals surface area (Å²) < 4.78 is 1.96. The largest absolute Gasteiger partial charge is 0.326 e. The maximum absolute atomic E-state index is 5.56. The number of pyridine rings is 1. The van der Waals surface area contributed by atoms with Crippen molar-refractivity contribution in [1.29, 1.82) is 0 Å². The second-order valence-corrected chi connectivity index (χ2v) is 3.68. The first-order valence-electron chi connectivity index (χ1n) is 5.35. The molecule has 80 valence electrons. The third kappa shape index (κ3) is 1.99. The first kappa shape index (κ1) is 10.1. The van der Waals surface area contributed by atoms with Crippen LogP contribution in [0.4, 0.5) is 0 Å². The van der Waals surface area contributed by atoms with Gasteiger partial charge in [-0.1, -0.05) is 13.3 Å². The van der Waals surface area contributed by atoms with E-state index in [1.807, 2.05) is 17.1 Å². The molecule has 0 radical (unpaired) electrons. The fourth-order valence-electron chi connectivity index (χ4n) is 1.60. The van der Waals surface area contributed by atoms with Gasteiger partial charge >= 0.3 is 0 Å². The van der Waals surface area contributed by atoms with Gasteiger partial charge in [0.05, 0.1) is 6.20 Å². The molecular weight excluding hydrogens is 188 g/mol. The summed E-state index contributed by atoms with van der Waals surface area (Å²) in [5.74, 6) is 0. The van der Waals surface area contributed by atoms with E-state index < -0.39 is 0 Å². The Labute approximate surface area is 89.1 Å². The van der Waals surface area contributed by atoms with Gasteiger partial charge in [0.25, 0.3) is 0 Å². The SMILES string of the molecule is CCCCn1ncc2cc(CN)cnc21. The molecule has 0 saturated heterocycles. The minimum Gasteiger partial charge on any atom is -0.326 e. The van der Waals surface area contributed by atoms with E-state index in [2.05, 4.69) is 23.1 Å². The number of fused-ring (bicyclic) bond motifs is 1. The summed E-state index contributed by atoms with van der Waals surface area (Å²) in [6, 6.07) is 2.05. The summed E-state index contributed by atoms with van der Waals surface area (Å²) >= 11 is 0. The molecule has 0 bridgehead atoms. The van der Waals surface area contributed by atoms with E-state index in [0.717, 1.165) is 29.6 Å². The first-order chi connectivity index (χ1) is 7.35. The molecule has 2 N–H and O–H groups in total. The van der Waals surface area contributed by atoms with Gasteiger partial charge in [0.15, 0.2) is 5.65 Å². The Hall–Kier alpha value is -1.42. The average molecular weight is 204 g/mol. The van der Waals surface area contributed by atoms with Crippen molar-refractivity contribution >= 4 is 11.0 Å². The molecule has 0 aliphatic rings. The zero-order chi connectivity index (χ0) is 10.7. The monoisotopic (exact) mass is 204 g/mol. The summed E-state index contributed by atoms with van der Waals surface area (Å²) in [5, 5.41) is 5.40. The van der Waals surface area contributed by atoms with Crippen LogP contribution < -0.4 is 5.73 Å². The zero-order valence-corrected chi connectivity index (χ0v) is 8.98. The molecule has 2 heterocycles. The van der Waals surface area contributed by atoms with Gasteiger partial charge in [0.2, 0.25) is 0 Å². The van der Waals surface area contributed by atoms with Gasteiger partial charge in [0, 0.05) is 24.7 Å². The lowest BCUT2D eigenvalue weighted by Gasteiger charge is -2.01. The van der Waals surface area contributed by atoms with E-state index in [0.29, 0.717) is 6.54 Å². The first-order valence-corrected chi connectivity index (χ1v) is 5.35. The number of nitrogens with two attached hydrogens (primary N) is 1. The molecule has 0 saturated carbocycles. The maximum Gasteiger partial charge on any atom is 0.157 e. The summed E-state index contributed by atoms with van der Waals surface area (Å²) in [6.45, 7) is 3.64. The fourth-order valence-corrected chi connectivity index (χ4v) is 1.60. The van der Waals surface area contributed by atoms with E-state index in [9.17, 15) is 0 Å².